The first-order valence-corrected chi connectivity index (χ1v) is 4.52. The molecule has 6 heteroatoms. The summed E-state index contributed by atoms with van der Waals surface area (Å²) in [5.41, 5.74) is 5.39. The van der Waals surface area contributed by atoms with Crippen LogP contribution in [-0.4, -0.2) is 18.4 Å². The average Bonchev–Trinajstić information content (AvgIpc) is 2.15. The van der Waals surface area contributed by atoms with E-state index in [9.17, 15) is 18.3 Å². The van der Waals surface area contributed by atoms with Crippen LogP contribution in [0, 0.1) is 0 Å². The smallest absolute Gasteiger partial charge is 0.390 e. The van der Waals surface area contributed by atoms with Gasteiger partial charge in [0.25, 0.3) is 0 Å². The van der Waals surface area contributed by atoms with Crippen LogP contribution in [0.3, 0.4) is 0 Å². The number of hydrogen-bond acceptors (Lipinski definition) is 3. The van der Waals surface area contributed by atoms with Gasteiger partial charge in [0.15, 0.2) is 0 Å². The second kappa shape index (κ2) is 4.61. The summed E-state index contributed by atoms with van der Waals surface area (Å²) in [5, 5.41) is 9.39. The van der Waals surface area contributed by atoms with E-state index in [0.29, 0.717) is 5.75 Å². The van der Waals surface area contributed by atoms with Crippen LogP contribution in [0.5, 0.6) is 11.5 Å². The van der Waals surface area contributed by atoms with Crippen LogP contribution in [-0.2, 0) is 0 Å². The van der Waals surface area contributed by atoms with Crippen LogP contribution < -0.4 is 10.5 Å². The minimum atomic E-state index is -4.37. The number of phenols is 1. The van der Waals surface area contributed by atoms with Gasteiger partial charge in [-0.2, -0.15) is 13.2 Å². The lowest BCUT2D eigenvalue weighted by Gasteiger charge is -2.16. The van der Waals surface area contributed by atoms with Crippen LogP contribution in [0.2, 0.25) is 0 Å². The molecular formula is C10H12F3NO2. The molecule has 1 atom stereocenters. The number of nitrogens with two attached hydrogens (primary N) is 1. The number of rotatable bonds is 3. The number of aromatic hydroxyl groups is 1. The third kappa shape index (κ3) is 3.30. The van der Waals surface area contributed by atoms with Gasteiger partial charge in [0.2, 0.25) is 0 Å². The maximum absolute atomic E-state index is 12.1. The number of benzene rings is 1. The summed E-state index contributed by atoms with van der Waals surface area (Å²) in [7, 11) is 1.38. The zero-order chi connectivity index (χ0) is 12.3. The molecule has 0 unspecified atom stereocenters. The second-order valence-electron chi connectivity index (χ2n) is 3.35. The van der Waals surface area contributed by atoms with Crippen LogP contribution in [0.15, 0.2) is 18.2 Å². The van der Waals surface area contributed by atoms with Gasteiger partial charge in [-0.15, -0.1) is 0 Å². The number of halogens is 3. The van der Waals surface area contributed by atoms with Gasteiger partial charge < -0.3 is 15.6 Å². The quantitative estimate of drug-likeness (QED) is 0.845. The Morgan fingerprint density at radius 3 is 2.56 bits per heavy atom. The number of hydrogen-bond donors (Lipinski definition) is 2. The Kier molecular flexibility index (Phi) is 3.64. The Morgan fingerprint density at radius 2 is 2.06 bits per heavy atom. The minimum absolute atomic E-state index is 0.0247. The van der Waals surface area contributed by atoms with Gasteiger partial charge in [-0.05, 0) is 18.2 Å². The third-order valence-corrected chi connectivity index (χ3v) is 2.09. The summed E-state index contributed by atoms with van der Waals surface area (Å²) in [4.78, 5) is 0. The van der Waals surface area contributed by atoms with Crippen LogP contribution in [0.4, 0.5) is 13.2 Å². The maximum atomic E-state index is 12.1. The van der Waals surface area contributed by atoms with Crippen molar-refractivity contribution in [2.75, 3.05) is 7.11 Å². The van der Waals surface area contributed by atoms with E-state index in [2.05, 4.69) is 0 Å². The van der Waals surface area contributed by atoms with Crippen LogP contribution in [0.1, 0.15) is 18.0 Å². The molecule has 0 fully saturated rings. The molecule has 0 saturated heterocycles. The normalized spacial score (nSPS) is 13.6. The average molecular weight is 235 g/mol. The van der Waals surface area contributed by atoms with E-state index in [1.165, 1.54) is 25.3 Å². The Balaban J connectivity index is 2.93. The summed E-state index contributed by atoms with van der Waals surface area (Å²) >= 11 is 0. The standard InChI is InChI=1S/C10H12F3NO2/c1-16-6-2-3-9(15)7(4-6)8(14)5-10(11,12)13/h2-4,8,15H,5,14H2,1H3/t8-/m0/s1. The lowest BCUT2D eigenvalue weighted by Crippen LogP contribution is -2.20. The molecule has 0 heterocycles. The summed E-state index contributed by atoms with van der Waals surface area (Å²) in [6, 6.07) is 2.70. The van der Waals surface area contributed by atoms with E-state index in [0.717, 1.165) is 0 Å². The zero-order valence-electron chi connectivity index (χ0n) is 8.58. The number of alkyl halides is 3. The van der Waals surface area contributed by atoms with Crippen molar-refractivity contribution in [1.29, 1.82) is 0 Å². The summed E-state index contributed by atoms with van der Waals surface area (Å²) < 4.78 is 41.2. The predicted octanol–water partition coefficient (Wildman–Crippen LogP) is 2.35. The SMILES string of the molecule is COc1ccc(O)c([C@@H](N)CC(F)(F)F)c1. The maximum Gasteiger partial charge on any atom is 0.390 e. The van der Waals surface area contributed by atoms with E-state index < -0.39 is 18.6 Å². The Morgan fingerprint density at radius 1 is 1.44 bits per heavy atom. The molecule has 3 nitrogen and oxygen atoms in total. The van der Waals surface area contributed by atoms with Gasteiger partial charge >= 0.3 is 6.18 Å². The molecule has 0 bridgehead atoms. The molecule has 0 aliphatic heterocycles. The molecule has 0 spiro atoms. The van der Waals surface area contributed by atoms with Crippen molar-refractivity contribution >= 4 is 0 Å². The lowest BCUT2D eigenvalue weighted by atomic mass is 10.0. The Labute approximate surface area is 90.6 Å². The van der Waals surface area contributed by atoms with Crippen molar-refractivity contribution in [2.45, 2.75) is 18.6 Å². The molecule has 0 aromatic heterocycles. The number of methoxy groups -OCH3 is 1. The molecular weight excluding hydrogens is 223 g/mol. The van der Waals surface area contributed by atoms with Crippen LogP contribution >= 0.6 is 0 Å². The van der Waals surface area contributed by atoms with Crippen molar-refractivity contribution in [3.8, 4) is 11.5 Å². The summed E-state index contributed by atoms with van der Waals surface area (Å²) in [5.74, 6) is 0.0861. The van der Waals surface area contributed by atoms with Gasteiger partial charge in [-0.25, -0.2) is 0 Å². The fourth-order valence-electron chi connectivity index (χ4n) is 1.32. The highest BCUT2D eigenvalue weighted by molar-refractivity contribution is 5.41. The van der Waals surface area contributed by atoms with E-state index in [-0.39, 0.29) is 11.3 Å². The van der Waals surface area contributed by atoms with E-state index in [4.69, 9.17) is 10.5 Å². The summed E-state index contributed by atoms with van der Waals surface area (Å²) in [6.45, 7) is 0. The first-order valence-electron chi connectivity index (χ1n) is 4.52. The van der Waals surface area contributed by atoms with Gasteiger partial charge in [-0.1, -0.05) is 0 Å². The van der Waals surface area contributed by atoms with Crippen molar-refractivity contribution in [3.63, 3.8) is 0 Å². The molecule has 1 rings (SSSR count). The number of phenolic OH excluding ortho intramolecular Hbond substituents is 1. The van der Waals surface area contributed by atoms with Crippen molar-refractivity contribution < 1.29 is 23.0 Å². The lowest BCUT2D eigenvalue weighted by molar-refractivity contribution is -0.138. The fraction of sp³-hybridized carbons (Fsp3) is 0.400. The molecule has 16 heavy (non-hydrogen) atoms. The highest BCUT2D eigenvalue weighted by atomic mass is 19.4. The third-order valence-electron chi connectivity index (χ3n) is 2.09. The molecule has 0 saturated carbocycles. The molecule has 0 amide bonds. The molecule has 1 aromatic carbocycles. The van der Waals surface area contributed by atoms with E-state index >= 15 is 0 Å². The summed E-state index contributed by atoms with van der Waals surface area (Å²) in [6.07, 6.45) is -5.55. The van der Waals surface area contributed by atoms with Crippen LogP contribution in [0.25, 0.3) is 0 Å². The Hall–Kier alpha value is -1.43. The topological polar surface area (TPSA) is 55.5 Å². The first-order chi connectivity index (χ1) is 7.33. The van der Waals surface area contributed by atoms with Crippen molar-refractivity contribution in [2.24, 2.45) is 5.73 Å². The fourth-order valence-corrected chi connectivity index (χ4v) is 1.32. The van der Waals surface area contributed by atoms with Crippen molar-refractivity contribution in [1.82, 2.24) is 0 Å². The molecule has 0 aliphatic rings. The molecule has 90 valence electrons. The minimum Gasteiger partial charge on any atom is -0.508 e. The van der Waals surface area contributed by atoms with Gasteiger partial charge in [0.1, 0.15) is 11.5 Å². The van der Waals surface area contributed by atoms with Crippen molar-refractivity contribution in [3.05, 3.63) is 23.8 Å². The second-order valence-corrected chi connectivity index (χ2v) is 3.35. The Bertz CT molecular complexity index is 366. The molecule has 0 aliphatic carbocycles. The van der Waals surface area contributed by atoms with Gasteiger partial charge in [0, 0.05) is 11.6 Å². The monoisotopic (exact) mass is 235 g/mol. The predicted molar refractivity (Wildman–Crippen MR) is 52.3 cm³/mol. The highest BCUT2D eigenvalue weighted by Gasteiger charge is 2.31. The zero-order valence-corrected chi connectivity index (χ0v) is 8.58. The highest BCUT2D eigenvalue weighted by Crippen LogP contribution is 2.33. The molecule has 0 radical (unpaired) electrons. The first kappa shape index (κ1) is 12.6. The van der Waals surface area contributed by atoms with Gasteiger partial charge in [-0.3, -0.25) is 0 Å². The van der Waals surface area contributed by atoms with E-state index in [1.807, 2.05) is 0 Å². The molecule has 1 aromatic rings. The van der Waals surface area contributed by atoms with Gasteiger partial charge in [0.05, 0.1) is 13.5 Å². The largest absolute Gasteiger partial charge is 0.508 e. The molecule has 3 N–H and O–H groups in total. The van der Waals surface area contributed by atoms with E-state index in [1.54, 1.807) is 0 Å². The number of ether oxygens (including phenoxy) is 1.